The highest BCUT2D eigenvalue weighted by atomic mass is 16.6. The predicted octanol–water partition coefficient (Wildman–Crippen LogP) is 2.36. The molecule has 1 atom stereocenters. The van der Waals surface area contributed by atoms with E-state index in [0.717, 1.165) is 17.7 Å². The SMILES string of the molecule is Cc1ccccc1N(C)C(=O)OC1CCOC1. The van der Waals surface area contributed by atoms with Gasteiger partial charge in [-0.2, -0.15) is 0 Å². The molecule has 2 rings (SSSR count). The van der Waals surface area contributed by atoms with Crippen LogP contribution in [-0.2, 0) is 9.47 Å². The molecule has 92 valence electrons. The van der Waals surface area contributed by atoms with Gasteiger partial charge in [0.1, 0.15) is 6.10 Å². The number of amides is 1. The van der Waals surface area contributed by atoms with E-state index in [1.54, 1.807) is 7.05 Å². The van der Waals surface area contributed by atoms with Crippen LogP contribution < -0.4 is 4.90 Å². The largest absolute Gasteiger partial charge is 0.443 e. The van der Waals surface area contributed by atoms with Crippen LogP contribution in [0.15, 0.2) is 24.3 Å². The first-order valence-corrected chi connectivity index (χ1v) is 5.76. The maximum atomic E-state index is 11.9. The number of aryl methyl sites for hydroxylation is 1. The van der Waals surface area contributed by atoms with Crippen molar-refractivity contribution in [3.63, 3.8) is 0 Å². The van der Waals surface area contributed by atoms with Crippen molar-refractivity contribution in [3.8, 4) is 0 Å². The van der Waals surface area contributed by atoms with Gasteiger partial charge in [-0.15, -0.1) is 0 Å². The molecule has 0 spiro atoms. The monoisotopic (exact) mass is 235 g/mol. The third-order valence-electron chi connectivity index (χ3n) is 2.91. The number of rotatable bonds is 2. The molecular formula is C13H17NO3. The van der Waals surface area contributed by atoms with E-state index in [-0.39, 0.29) is 12.2 Å². The molecule has 1 amide bonds. The maximum Gasteiger partial charge on any atom is 0.414 e. The summed E-state index contributed by atoms with van der Waals surface area (Å²) >= 11 is 0. The van der Waals surface area contributed by atoms with Crippen molar-refractivity contribution in [2.24, 2.45) is 0 Å². The van der Waals surface area contributed by atoms with Gasteiger partial charge in [-0.25, -0.2) is 4.79 Å². The van der Waals surface area contributed by atoms with Crippen molar-refractivity contribution in [1.82, 2.24) is 0 Å². The summed E-state index contributed by atoms with van der Waals surface area (Å²) in [6, 6.07) is 7.73. The van der Waals surface area contributed by atoms with Gasteiger partial charge in [-0.1, -0.05) is 18.2 Å². The molecule has 4 heteroatoms. The number of benzene rings is 1. The molecule has 1 fully saturated rings. The molecule has 1 aromatic carbocycles. The van der Waals surface area contributed by atoms with Crippen molar-refractivity contribution < 1.29 is 14.3 Å². The van der Waals surface area contributed by atoms with Crippen LogP contribution in [0.4, 0.5) is 10.5 Å². The van der Waals surface area contributed by atoms with E-state index in [2.05, 4.69) is 0 Å². The van der Waals surface area contributed by atoms with E-state index in [0.29, 0.717) is 13.2 Å². The minimum Gasteiger partial charge on any atom is -0.443 e. The van der Waals surface area contributed by atoms with Crippen LogP contribution in [0.25, 0.3) is 0 Å². The minimum atomic E-state index is -0.324. The fourth-order valence-corrected chi connectivity index (χ4v) is 1.87. The van der Waals surface area contributed by atoms with E-state index in [4.69, 9.17) is 9.47 Å². The number of para-hydroxylation sites is 1. The Morgan fingerprint density at radius 2 is 2.24 bits per heavy atom. The predicted molar refractivity (Wildman–Crippen MR) is 65.3 cm³/mol. The first kappa shape index (κ1) is 11.9. The summed E-state index contributed by atoms with van der Waals surface area (Å²) in [6.07, 6.45) is 0.358. The fraction of sp³-hybridized carbons (Fsp3) is 0.462. The standard InChI is InChI=1S/C13H17NO3/c1-10-5-3-4-6-12(10)14(2)13(15)17-11-7-8-16-9-11/h3-6,11H,7-9H2,1-2H3. The van der Waals surface area contributed by atoms with E-state index in [1.807, 2.05) is 31.2 Å². The van der Waals surface area contributed by atoms with E-state index < -0.39 is 0 Å². The van der Waals surface area contributed by atoms with E-state index in [1.165, 1.54) is 4.90 Å². The first-order valence-electron chi connectivity index (χ1n) is 5.76. The summed E-state index contributed by atoms with van der Waals surface area (Å²) in [5, 5.41) is 0. The molecule has 1 aliphatic rings. The summed E-state index contributed by atoms with van der Waals surface area (Å²) in [5.41, 5.74) is 1.92. The number of hydrogen-bond acceptors (Lipinski definition) is 3. The number of carbonyl (C=O) groups is 1. The van der Waals surface area contributed by atoms with Crippen LogP contribution in [0.1, 0.15) is 12.0 Å². The lowest BCUT2D eigenvalue weighted by Gasteiger charge is -2.21. The molecule has 0 radical (unpaired) electrons. The van der Waals surface area contributed by atoms with E-state index >= 15 is 0 Å². The van der Waals surface area contributed by atoms with Gasteiger partial charge in [-0.05, 0) is 18.6 Å². The van der Waals surface area contributed by atoms with Crippen molar-refractivity contribution in [2.45, 2.75) is 19.4 Å². The lowest BCUT2D eigenvalue weighted by molar-refractivity contribution is 0.0890. The van der Waals surface area contributed by atoms with Gasteiger partial charge in [0.2, 0.25) is 0 Å². The fourth-order valence-electron chi connectivity index (χ4n) is 1.87. The smallest absolute Gasteiger partial charge is 0.414 e. The normalized spacial score (nSPS) is 19.1. The minimum absolute atomic E-state index is 0.103. The quantitative estimate of drug-likeness (QED) is 0.789. The highest BCUT2D eigenvalue weighted by Crippen LogP contribution is 2.19. The van der Waals surface area contributed by atoms with Gasteiger partial charge in [-0.3, -0.25) is 4.90 Å². The molecule has 1 unspecified atom stereocenters. The zero-order valence-electron chi connectivity index (χ0n) is 10.2. The van der Waals surface area contributed by atoms with Crippen LogP contribution in [0.2, 0.25) is 0 Å². The van der Waals surface area contributed by atoms with Gasteiger partial charge in [0.15, 0.2) is 0 Å². The summed E-state index contributed by atoms with van der Waals surface area (Å²) in [4.78, 5) is 13.4. The Labute approximate surface area is 101 Å². The second-order valence-electron chi connectivity index (χ2n) is 4.21. The van der Waals surface area contributed by atoms with Crippen molar-refractivity contribution in [1.29, 1.82) is 0 Å². The summed E-state index contributed by atoms with van der Waals surface area (Å²) in [6.45, 7) is 3.15. The second-order valence-corrected chi connectivity index (χ2v) is 4.21. The summed E-state index contributed by atoms with van der Waals surface area (Å²) in [5.74, 6) is 0. The molecular weight excluding hydrogens is 218 g/mol. The third kappa shape index (κ3) is 2.77. The summed E-state index contributed by atoms with van der Waals surface area (Å²) in [7, 11) is 1.72. The molecule has 1 heterocycles. The molecule has 1 saturated heterocycles. The molecule has 1 aromatic rings. The Balaban J connectivity index is 2.01. The third-order valence-corrected chi connectivity index (χ3v) is 2.91. The van der Waals surface area contributed by atoms with Gasteiger partial charge in [0.25, 0.3) is 0 Å². The molecule has 0 N–H and O–H groups in total. The van der Waals surface area contributed by atoms with Crippen LogP contribution >= 0.6 is 0 Å². The number of carbonyl (C=O) groups excluding carboxylic acids is 1. The highest BCUT2D eigenvalue weighted by molar-refractivity contribution is 5.88. The Kier molecular flexibility index (Phi) is 3.64. The van der Waals surface area contributed by atoms with Crippen molar-refractivity contribution in [2.75, 3.05) is 25.2 Å². The van der Waals surface area contributed by atoms with Gasteiger partial charge >= 0.3 is 6.09 Å². The summed E-state index contributed by atoms with van der Waals surface area (Å²) < 4.78 is 10.5. The number of nitrogens with zero attached hydrogens (tertiary/aromatic N) is 1. The molecule has 0 bridgehead atoms. The van der Waals surface area contributed by atoms with Crippen LogP contribution in [-0.4, -0.2) is 32.5 Å². The Morgan fingerprint density at radius 3 is 2.88 bits per heavy atom. The van der Waals surface area contributed by atoms with Crippen LogP contribution in [0.5, 0.6) is 0 Å². The highest BCUT2D eigenvalue weighted by Gasteiger charge is 2.22. The molecule has 0 aromatic heterocycles. The number of hydrogen-bond donors (Lipinski definition) is 0. The zero-order valence-corrected chi connectivity index (χ0v) is 10.2. The Bertz CT molecular complexity index is 399. The van der Waals surface area contributed by atoms with Crippen molar-refractivity contribution >= 4 is 11.8 Å². The number of anilines is 1. The molecule has 0 aliphatic carbocycles. The first-order chi connectivity index (χ1) is 8.18. The zero-order chi connectivity index (χ0) is 12.3. The van der Waals surface area contributed by atoms with Crippen LogP contribution in [0.3, 0.4) is 0 Å². The Morgan fingerprint density at radius 1 is 1.47 bits per heavy atom. The molecule has 1 aliphatic heterocycles. The average Bonchev–Trinajstić information content (AvgIpc) is 2.81. The molecule has 4 nitrogen and oxygen atoms in total. The lowest BCUT2D eigenvalue weighted by atomic mass is 10.2. The molecule has 17 heavy (non-hydrogen) atoms. The second kappa shape index (κ2) is 5.19. The topological polar surface area (TPSA) is 38.8 Å². The van der Waals surface area contributed by atoms with Crippen LogP contribution in [0, 0.1) is 6.92 Å². The van der Waals surface area contributed by atoms with Gasteiger partial charge in [0.05, 0.1) is 13.2 Å². The lowest BCUT2D eigenvalue weighted by Crippen LogP contribution is -2.31. The average molecular weight is 235 g/mol. The van der Waals surface area contributed by atoms with Gasteiger partial charge < -0.3 is 9.47 Å². The van der Waals surface area contributed by atoms with E-state index in [9.17, 15) is 4.79 Å². The maximum absolute atomic E-state index is 11.9. The Hall–Kier alpha value is -1.55. The number of ether oxygens (including phenoxy) is 2. The van der Waals surface area contributed by atoms with Gasteiger partial charge in [0, 0.05) is 19.2 Å². The van der Waals surface area contributed by atoms with Crippen molar-refractivity contribution in [3.05, 3.63) is 29.8 Å². The molecule has 0 saturated carbocycles.